The van der Waals surface area contributed by atoms with Crippen molar-refractivity contribution >= 4 is 17.8 Å². The summed E-state index contributed by atoms with van der Waals surface area (Å²) in [6.45, 7) is 8.27. The van der Waals surface area contributed by atoms with E-state index in [1.807, 2.05) is 0 Å². The van der Waals surface area contributed by atoms with E-state index in [9.17, 15) is 9.59 Å². The lowest BCUT2D eigenvalue weighted by atomic mass is 10.1. The molecular weight excluding hydrogens is 318 g/mol. The summed E-state index contributed by atoms with van der Waals surface area (Å²) in [5, 5.41) is 3.36. The van der Waals surface area contributed by atoms with Gasteiger partial charge in [0.25, 0.3) is 0 Å². The van der Waals surface area contributed by atoms with Crippen molar-refractivity contribution in [1.82, 2.24) is 20.0 Å². The molecule has 0 aliphatic carbocycles. The van der Waals surface area contributed by atoms with Crippen molar-refractivity contribution < 1.29 is 9.59 Å². The Balaban J connectivity index is 1.54. The monoisotopic (exact) mass is 349 g/mol. The third kappa shape index (κ3) is 4.51. The fraction of sp³-hybridized carbons (Fsp3) is 0.833. The van der Waals surface area contributed by atoms with Crippen molar-refractivity contribution in [3.05, 3.63) is 0 Å². The summed E-state index contributed by atoms with van der Waals surface area (Å²) < 4.78 is 0. The highest BCUT2D eigenvalue weighted by Gasteiger charge is 2.31. The first-order valence-electron chi connectivity index (χ1n) is 9.79. The molecule has 3 heterocycles. The van der Waals surface area contributed by atoms with Gasteiger partial charge in [-0.1, -0.05) is 0 Å². The fourth-order valence-corrected chi connectivity index (χ4v) is 4.07. The average Bonchev–Trinajstić information content (AvgIpc) is 3.27. The average molecular weight is 349 g/mol. The maximum Gasteiger partial charge on any atom is 0.229 e. The molecule has 140 valence electrons. The van der Waals surface area contributed by atoms with Crippen molar-refractivity contribution in [2.24, 2.45) is 4.99 Å². The highest BCUT2D eigenvalue weighted by molar-refractivity contribution is 5.97. The Hall–Kier alpha value is -1.63. The number of carbonyl (C=O) groups excluding carboxylic acids is 2. The molecule has 0 aromatic rings. The van der Waals surface area contributed by atoms with E-state index in [0.29, 0.717) is 38.4 Å². The number of nitrogens with one attached hydrogen (secondary N) is 1. The number of carbonyl (C=O) groups is 2. The Kier molecular flexibility index (Phi) is 6.29. The lowest BCUT2D eigenvalue weighted by Crippen LogP contribution is -2.44. The SMILES string of the molecule is CCNC(=NCCN1C(=O)CCCC1=O)N1CCC(N2CCCC2)C1. The van der Waals surface area contributed by atoms with Crippen LogP contribution in [0.1, 0.15) is 45.4 Å². The summed E-state index contributed by atoms with van der Waals surface area (Å²) in [5.74, 6) is 0.819. The molecule has 1 unspecified atom stereocenters. The number of rotatable bonds is 5. The van der Waals surface area contributed by atoms with Crippen molar-refractivity contribution in [1.29, 1.82) is 0 Å². The first kappa shape index (κ1) is 18.2. The third-order valence-corrected chi connectivity index (χ3v) is 5.42. The number of aliphatic imine (C=N–C) groups is 1. The van der Waals surface area contributed by atoms with Crippen LogP contribution in [0.15, 0.2) is 4.99 Å². The number of piperidine rings is 1. The lowest BCUT2D eigenvalue weighted by Gasteiger charge is -2.26. The zero-order valence-corrected chi connectivity index (χ0v) is 15.4. The van der Waals surface area contributed by atoms with Crippen LogP contribution in [0.2, 0.25) is 0 Å². The Bertz CT molecular complexity index is 500. The number of hydrogen-bond acceptors (Lipinski definition) is 4. The van der Waals surface area contributed by atoms with Crippen LogP contribution in [-0.2, 0) is 9.59 Å². The van der Waals surface area contributed by atoms with Gasteiger partial charge < -0.3 is 10.2 Å². The van der Waals surface area contributed by atoms with Gasteiger partial charge in [0.05, 0.1) is 6.54 Å². The van der Waals surface area contributed by atoms with Gasteiger partial charge in [0.1, 0.15) is 0 Å². The molecule has 3 aliphatic rings. The van der Waals surface area contributed by atoms with Gasteiger partial charge in [-0.05, 0) is 45.7 Å². The highest BCUT2D eigenvalue weighted by atomic mass is 16.2. The molecule has 1 atom stereocenters. The van der Waals surface area contributed by atoms with E-state index in [2.05, 4.69) is 27.0 Å². The molecule has 0 spiro atoms. The maximum atomic E-state index is 11.9. The Labute approximate surface area is 150 Å². The molecule has 1 N–H and O–H groups in total. The molecule has 7 heteroatoms. The Morgan fingerprint density at radius 1 is 1.12 bits per heavy atom. The predicted molar refractivity (Wildman–Crippen MR) is 97.3 cm³/mol. The van der Waals surface area contributed by atoms with Gasteiger partial charge in [-0.3, -0.25) is 24.4 Å². The van der Waals surface area contributed by atoms with Crippen LogP contribution in [0.4, 0.5) is 0 Å². The van der Waals surface area contributed by atoms with Gasteiger partial charge in [0.15, 0.2) is 5.96 Å². The van der Waals surface area contributed by atoms with Gasteiger partial charge in [-0.25, -0.2) is 0 Å². The molecule has 3 aliphatic heterocycles. The molecule has 0 aromatic heterocycles. The topological polar surface area (TPSA) is 68.2 Å². The molecule has 7 nitrogen and oxygen atoms in total. The summed E-state index contributed by atoms with van der Waals surface area (Å²) in [4.78, 5) is 34.8. The predicted octanol–water partition coefficient (Wildman–Crippen LogP) is 0.661. The lowest BCUT2D eigenvalue weighted by molar-refractivity contribution is -0.147. The summed E-state index contributed by atoms with van der Waals surface area (Å²) >= 11 is 0. The van der Waals surface area contributed by atoms with E-state index in [-0.39, 0.29) is 11.8 Å². The number of amides is 2. The maximum absolute atomic E-state index is 11.9. The molecule has 0 saturated carbocycles. The molecular formula is C18H31N5O2. The van der Waals surface area contributed by atoms with Gasteiger partial charge in [-0.15, -0.1) is 0 Å². The Morgan fingerprint density at radius 2 is 1.84 bits per heavy atom. The van der Waals surface area contributed by atoms with Gasteiger partial charge in [0.2, 0.25) is 11.8 Å². The zero-order valence-electron chi connectivity index (χ0n) is 15.4. The first-order chi connectivity index (χ1) is 12.2. The molecule has 3 saturated heterocycles. The van der Waals surface area contributed by atoms with Gasteiger partial charge in [0, 0.05) is 45.1 Å². The van der Waals surface area contributed by atoms with Crippen molar-refractivity contribution in [2.75, 3.05) is 45.8 Å². The number of hydrogen-bond donors (Lipinski definition) is 1. The number of guanidine groups is 1. The van der Waals surface area contributed by atoms with Crippen LogP contribution >= 0.6 is 0 Å². The van der Waals surface area contributed by atoms with Crippen LogP contribution in [0.5, 0.6) is 0 Å². The second-order valence-corrected chi connectivity index (χ2v) is 7.16. The standard InChI is InChI=1S/C18H31N5O2/c1-2-19-18(20-9-13-23-16(24)6-5-7-17(23)25)22-12-8-15(14-22)21-10-3-4-11-21/h15H,2-14H2,1H3,(H,19,20). The van der Waals surface area contributed by atoms with Crippen molar-refractivity contribution in [2.45, 2.75) is 51.5 Å². The van der Waals surface area contributed by atoms with Crippen molar-refractivity contribution in [3.8, 4) is 0 Å². The molecule has 0 aromatic carbocycles. The molecule has 0 bridgehead atoms. The smallest absolute Gasteiger partial charge is 0.229 e. The Morgan fingerprint density at radius 3 is 2.52 bits per heavy atom. The fourth-order valence-electron chi connectivity index (χ4n) is 4.07. The summed E-state index contributed by atoms with van der Waals surface area (Å²) in [7, 11) is 0. The van der Waals surface area contributed by atoms with E-state index in [1.165, 1.54) is 37.3 Å². The van der Waals surface area contributed by atoms with E-state index in [4.69, 9.17) is 0 Å². The minimum Gasteiger partial charge on any atom is -0.357 e. The summed E-state index contributed by atoms with van der Waals surface area (Å²) in [6, 6.07) is 0.636. The molecule has 3 fully saturated rings. The van der Waals surface area contributed by atoms with Gasteiger partial charge in [-0.2, -0.15) is 0 Å². The summed E-state index contributed by atoms with van der Waals surface area (Å²) in [5.41, 5.74) is 0. The molecule has 2 amide bonds. The summed E-state index contributed by atoms with van der Waals surface area (Å²) in [6.07, 6.45) is 5.49. The number of nitrogens with zero attached hydrogens (tertiary/aromatic N) is 4. The van der Waals surface area contributed by atoms with Crippen LogP contribution < -0.4 is 5.32 Å². The third-order valence-electron chi connectivity index (χ3n) is 5.42. The van der Waals surface area contributed by atoms with E-state index >= 15 is 0 Å². The van der Waals surface area contributed by atoms with Crippen LogP contribution in [0, 0.1) is 0 Å². The van der Waals surface area contributed by atoms with Gasteiger partial charge >= 0.3 is 0 Å². The minimum atomic E-state index is -0.0493. The second kappa shape index (κ2) is 8.65. The molecule has 0 radical (unpaired) electrons. The molecule has 3 rings (SSSR count). The minimum absolute atomic E-state index is 0.0493. The van der Waals surface area contributed by atoms with E-state index < -0.39 is 0 Å². The number of likely N-dealkylation sites (tertiary alicyclic amines) is 3. The first-order valence-corrected chi connectivity index (χ1v) is 9.79. The number of imide groups is 1. The highest BCUT2D eigenvalue weighted by Crippen LogP contribution is 2.20. The molecule has 25 heavy (non-hydrogen) atoms. The normalized spacial score (nSPS) is 26.0. The van der Waals surface area contributed by atoms with Crippen LogP contribution in [0.25, 0.3) is 0 Å². The largest absolute Gasteiger partial charge is 0.357 e. The second-order valence-electron chi connectivity index (χ2n) is 7.16. The van der Waals surface area contributed by atoms with Crippen LogP contribution in [0.3, 0.4) is 0 Å². The quantitative estimate of drug-likeness (QED) is 0.449. The van der Waals surface area contributed by atoms with Crippen molar-refractivity contribution in [3.63, 3.8) is 0 Å². The van der Waals surface area contributed by atoms with E-state index in [1.54, 1.807) is 0 Å². The zero-order chi connectivity index (χ0) is 17.6. The van der Waals surface area contributed by atoms with E-state index in [0.717, 1.165) is 25.6 Å². The van der Waals surface area contributed by atoms with Crippen LogP contribution in [-0.4, -0.2) is 84.3 Å².